The highest BCUT2D eigenvalue weighted by atomic mass is 127. The Morgan fingerprint density at radius 2 is 2.18 bits per heavy atom. The molecule has 0 atom stereocenters. The molecule has 3 rings (SSSR count). The summed E-state index contributed by atoms with van der Waals surface area (Å²) in [5, 5.41) is 8.05. The number of aryl methyl sites for hydroxylation is 1. The molecule has 2 aromatic rings. The second kappa shape index (κ2) is 11.3. The molecule has 0 aliphatic carbocycles. The first-order valence-corrected chi connectivity index (χ1v) is 10.0. The third-order valence-electron chi connectivity index (χ3n) is 5.05. The molecular weight excluding hydrogens is 465 g/mol. The van der Waals surface area contributed by atoms with Gasteiger partial charge in [-0.3, -0.25) is 9.79 Å². The third kappa shape index (κ3) is 5.86. The van der Waals surface area contributed by atoms with Gasteiger partial charge in [-0.15, -0.1) is 24.0 Å². The number of aliphatic imine (C=N–C) groups is 1. The van der Waals surface area contributed by atoms with E-state index in [9.17, 15) is 4.79 Å². The lowest BCUT2D eigenvalue weighted by atomic mass is 10.1. The molecule has 1 aliphatic rings. The number of aromatic nitrogens is 1. The Morgan fingerprint density at radius 3 is 2.93 bits per heavy atom. The molecule has 1 aromatic carbocycles. The van der Waals surface area contributed by atoms with Crippen molar-refractivity contribution in [3.05, 3.63) is 35.5 Å². The number of nitrogens with zero attached hydrogens (tertiary/aromatic N) is 2. The van der Waals surface area contributed by atoms with E-state index in [0.29, 0.717) is 6.42 Å². The molecule has 28 heavy (non-hydrogen) atoms. The van der Waals surface area contributed by atoms with Crippen molar-refractivity contribution in [2.24, 2.45) is 4.99 Å². The van der Waals surface area contributed by atoms with Gasteiger partial charge in [0.15, 0.2) is 5.96 Å². The number of hydrogen-bond acceptors (Lipinski definition) is 2. The quantitative estimate of drug-likeness (QED) is 0.227. The predicted octanol–water partition coefficient (Wildman–Crippen LogP) is 3.20. The summed E-state index contributed by atoms with van der Waals surface area (Å²) in [6, 6.07) is 6.36. The molecule has 0 spiro atoms. The predicted molar refractivity (Wildman–Crippen MR) is 127 cm³/mol. The van der Waals surface area contributed by atoms with Crippen LogP contribution in [0.15, 0.2) is 29.4 Å². The fraction of sp³-hybridized carbons (Fsp3) is 0.524. The van der Waals surface area contributed by atoms with Gasteiger partial charge in [0, 0.05) is 56.2 Å². The molecule has 0 bridgehead atoms. The van der Waals surface area contributed by atoms with Gasteiger partial charge in [-0.25, -0.2) is 0 Å². The molecule has 1 aliphatic heterocycles. The van der Waals surface area contributed by atoms with Crippen LogP contribution in [-0.4, -0.2) is 54.5 Å². The van der Waals surface area contributed by atoms with Gasteiger partial charge >= 0.3 is 0 Å². The highest BCUT2D eigenvalue weighted by Crippen LogP contribution is 2.22. The average Bonchev–Trinajstić information content (AvgIpc) is 3.26. The molecule has 3 N–H and O–H groups in total. The molecule has 7 heteroatoms. The number of carbonyl (C=O) groups is 1. The zero-order chi connectivity index (χ0) is 19.1. The molecular formula is C21H32IN5O. The van der Waals surface area contributed by atoms with Crippen molar-refractivity contribution in [3.8, 4) is 0 Å². The summed E-state index contributed by atoms with van der Waals surface area (Å²) in [7, 11) is 0. The van der Waals surface area contributed by atoms with Crippen molar-refractivity contribution in [3.63, 3.8) is 0 Å². The minimum atomic E-state index is 0. The number of amides is 1. The zero-order valence-electron chi connectivity index (χ0n) is 16.9. The minimum absolute atomic E-state index is 0. The Kier molecular flexibility index (Phi) is 9.08. The van der Waals surface area contributed by atoms with Gasteiger partial charge in [0.1, 0.15) is 0 Å². The van der Waals surface area contributed by atoms with Crippen LogP contribution in [0.4, 0.5) is 0 Å². The molecule has 2 heterocycles. The Bertz CT molecular complexity index is 801. The van der Waals surface area contributed by atoms with Gasteiger partial charge < -0.3 is 20.5 Å². The van der Waals surface area contributed by atoms with Crippen LogP contribution < -0.4 is 10.6 Å². The maximum atomic E-state index is 11.6. The molecule has 154 valence electrons. The van der Waals surface area contributed by atoms with E-state index in [1.165, 1.54) is 22.0 Å². The van der Waals surface area contributed by atoms with Gasteiger partial charge in [0.05, 0.1) is 0 Å². The standard InChI is InChI=1S/C21H31N5O.HI/c1-3-22-21(23-11-6-14-26-13-5-9-19(26)27)24-12-10-17-15-25-18-8-4-7-16(2)20(17)18;/h4,7-8,15,25H,3,5-6,9-14H2,1-2H3,(H2,22,23,24);1H. The van der Waals surface area contributed by atoms with E-state index in [4.69, 9.17) is 0 Å². The number of H-pyrrole nitrogens is 1. The number of fused-ring (bicyclic) bond motifs is 1. The highest BCUT2D eigenvalue weighted by molar-refractivity contribution is 14.0. The van der Waals surface area contributed by atoms with Crippen molar-refractivity contribution in [2.75, 3.05) is 32.7 Å². The normalized spacial score (nSPS) is 14.4. The minimum Gasteiger partial charge on any atom is -0.361 e. The van der Waals surface area contributed by atoms with Crippen molar-refractivity contribution in [1.82, 2.24) is 20.5 Å². The number of rotatable bonds is 8. The van der Waals surface area contributed by atoms with Crippen LogP contribution in [0.25, 0.3) is 10.9 Å². The number of guanidine groups is 1. The Balaban J connectivity index is 0.00000280. The third-order valence-corrected chi connectivity index (χ3v) is 5.05. The monoisotopic (exact) mass is 497 g/mol. The summed E-state index contributed by atoms with van der Waals surface area (Å²) in [6.07, 6.45) is 5.67. The summed E-state index contributed by atoms with van der Waals surface area (Å²) in [5.74, 6) is 1.14. The Hall–Kier alpha value is -1.77. The molecule has 0 radical (unpaired) electrons. The second-order valence-corrected chi connectivity index (χ2v) is 7.09. The van der Waals surface area contributed by atoms with Crippen LogP contribution in [0.5, 0.6) is 0 Å². The first-order valence-electron chi connectivity index (χ1n) is 10.0. The van der Waals surface area contributed by atoms with Crippen LogP contribution in [0.3, 0.4) is 0 Å². The van der Waals surface area contributed by atoms with Gasteiger partial charge in [-0.1, -0.05) is 12.1 Å². The van der Waals surface area contributed by atoms with Gasteiger partial charge in [0.2, 0.25) is 5.91 Å². The number of hydrogen-bond donors (Lipinski definition) is 3. The number of likely N-dealkylation sites (tertiary alicyclic amines) is 1. The molecule has 1 amide bonds. The zero-order valence-corrected chi connectivity index (χ0v) is 19.2. The smallest absolute Gasteiger partial charge is 0.222 e. The largest absolute Gasteiger partial charge is 0.361 e. The maximum absolute atomic E-state index is 11.6. The van der Waals surface area contributed by atoms with E-state index in [1.807, 2.05) is 4.90 Å². The number of nitrogens with one attached hydrogen (secondary N) is 3. The number of aromatic amines is 1. The van der Waals surface area contributed by atoms with E-state index in [0.717, 1.165) is 57.9 Å². The lowest BCUT2D eigenvalue weighted by molar-refractivity contribution is -0.127. The molecule has 1 aromatic heterocycles. The summed E-state index contributed by atoms with van der Waals surface area (Å²) >= 11 is 0. The van der Waals surface area contributed by atoms with E-state index in [-0.39, 0.29) is 29.9 Å². The van der Waals surface area contributed by atoms with E-state index >= 15 is 0 Å². The van der Waals surface area contributed by atoms with Gasteiger partial charge in [-0.2, -0.15) is 0 Å². The SMILES string of the molecule is CCNC(=NCCCN1CCCC1=O)NCCc1c[nH]c2cccc(C)c12.I. The van der Waals surface area contributed by atoms with Crippen LogP contribution in [-0.2, 0) is 11.2 Å². The topological polar surface area (TPSA) is 72.5 Å². The summed E-state index contributed by atoms with van der Waals surface area (Å²) in [4.78, 5) is 21.6. The number of carbonyl (C=O) groups excluding carboxylic acids is 1. The van der Waals surface area contributed by atoms with Crippen LogP contribution in [0, 0.1) is 6.92 Å². The van der Waals surface area contributed by atoms with E-state index in [2.05, 4.69) is 58.9 Å². The lowest BCUT2D eigenvalue weighted by Crippen LogP contribution is -2.38. The van der Waals surface area contributed by atoms with E-state index < -0.39 is 0 Å². The fourth-order valence-corrected chi connectivity index (χ4v) is 3.70. The van der Waals surface area contributed by atoms with Crippen molar-refractivity contribution in [1.29, 1.82) is 0 Å². The molecule has 1 fully saturated rings. The maximum Gasteiger partial charge on any atom is 0.222 e. The van der Waals surface area contributed by atoms with Crippen LogP contribution in [0.1, 0.15) is 37.3 Å². The van der Waals surface area contributed by atoms with Crippen LogP contribution >= 0.6 is 24.0 Å². The fourth-order valence-electron chi connectivity index (χ4n) is 3.70. The summed E-state index contributed by atoms with van der Waals surface area (Å²) in [6.45, 7) is 8.35. The molecule has 0 unspecified atom stereocenters. The first-order chi connectivity index (χ1) is 13.2. The second-order valence-electron chi connectivity index (χ2n) is 7.09. The Labute approximate surface area is 184 Å². The van der Waals surface area contributed by atoms with E-state index in [1.54, 1.807) is 0 Å². The lowest BCUT2D eigenvalue weighted by Gasteiger charge is -2.15. The van der Waals surface area contributed by atoms with Gasteiger partial charge in [-0.05, 0) is 50.3 Å². The van der Waals surface area contributed by atoms with Crippen molar-refractivity contribution in [2.45, 2.75) is 39.5 Å². The summed E-state index contributed by atoms with van der Waals surface area (Å²) < 4.78 is 0. The number of halogens is 1. The highest BCUT2D eigenvalue weighted by Gasteiger charge is 2.18. The molecule has 6 nitrogen and oxygen atoms in total. The molecule has 0 saturated carbocycles. The van der Waals surface area contributed by atoms with Crippen molar-refractivity contribution < 1.29 is 4.79 Å². The average molecular weight is 497 g/mol. The Morgan fingerprint density at radius 1 is 1.32 bits per heavy atom. The first kappa shape index (κ1) is 22.5. The van der Waals surface area contributed by atoms with Gasteiger partial charge in [0.25, 0.3) is 0 Å². The van der Waals surface area contributed by atoms with Crippen molar-refractivity contribution >= 4 is 46.7 Å². The van der Waals surface area contributed by atoms with Crippen LogP contribution in [0.2, 0.25) is 0 Å². The molecule has 1 saturated heterocycles. The number of benzene rings is 1. The summed E-state index contributed by atoms with van der Waals surface area (Å²) in [5.41, 5.74) is 3.84.